The molecule has 2 N–H and O–H groups in total. The first-order valence-corrected chi connectivity index (χ1v) is 8.14. The molecule has 20 heavy (non-hydrogen) atoms. The number of anilines is 1. The number of aromatic carboxylic acids is 1. The molecule has 4 nitrogen and oxygen atoms in total. The maximum Gasteiger partial charge on any atom is 0.338 e. The summed E-state index contributed by atoms with van der Waals surface area (Å²) in [5, 5.41) is 15.6. The quantitative estimate of drug-likeness (QED) is 0.820. The molecule has 1 aromatic heterocycles. The van der Waals surface area contributed by atoms with E-state index in [1.165, 1.54) is 11.8 Å². The van der Waals surface area contributed by atoms with E-state index in [2.05, 4.69) is 10.3 Å². The van der Waals surface area contributed by atoms with Crippen LogP contribution in [0.15, 0.2) is 34.7 Å². The second-order valence-corrected chi connectivity index (χ2v) is 6.52. The van der Waals surface area contributed by atoms with Gasteiger partial charge in [-0.3, -0.25) is 0 Å². The van der Waals surface area contributed by atoms with E-state index in [1.807, 2.05) is 37.6 Å². The number of hydrogen-bond acceptors (Lipinski definition) is 5. The molecule has 0 saturated heterocycles. The van der Waals surface area contributed by atoms with Crippen molar-refractivity contribution in [1.82, 2.24) is 4.98 Å². The predicted molar refractivity (Wildman–Crippen MR) is 83.9 cm³/mol. The number of carbonyl (C=O) groups is 1. The van der Waals surface area contributed by atoms with Gasteiger partial charge in [-0.1, -0.05) is 6.07 Å². The number of thioether (sulfide) groups is 1. The third-order valence-corrected chi connectivity index (χ3v) is 4.75. The van der Waals surface area contributed by atoms with E-state index >= 15 is 0 Å². The first-order valence-electron chi connectivity index (χ1n) is 6.04. The van der Waals surface area contributed by atoms with Crippen molar-refractivity contribution >= 4 is 34.8 Å². The summed E-state index contributed by atoms with van der Waals surface area (Å²) in [4.78, 5) is 16.6. The van der Waals surface area contributed by atoms with E-state index in [-0.39, 0.29) is 0 Å². The molecule has 0 bridgehead atoms. The van der Waals surface area contributed by atoms with Gasteiger partial charge in [0, 0.05) is 16.5 Å². The minimum absolute atomic E-state index is 0.310. The predicted octanol–water partition coefficient (Wildman–Crippen LogP) is 3.91. The van der Waals surface area contributed by atoms with Gasteiger partial charge >= 0.3 is 5.97 Å². The fourth-order valence-corrected chi connectivity index (χ4v) is 3.28. The highest BCUT2D eigenvalue weighted by atomic mass is 32.2. The van der Waals surface area contributed by atoms with Crippen molar-refractivity contribution in [3.8, 4) is 0 Å². The molecule has 0 aliphatic heterocycles. The van der Waals surface area contributed by atoms with Crippen molar-refractivity contribution in [2.75, 3.05) is 11.6 Å². The van der Waals surface area contributed by atoms with Gasteiger partial charge in [0.15, 0.2) is 0 Å². The number of nitrogens with one attached hydrogen (secondary N) is 1. The molecule has 6 heteroatoms. The van der Waals surface area contributed by atoms with Crippen LogP contribution in [-0.2, 0) is 5.54 Å². The van der Waals surface area contributed by atoms with Crippen LogP contribution in [-0.4, -0.2) is 22.3 Å². The summed E-state index contributed by atoms with van der Waals surface area (Å²) in [6.45, 7) is 3.98. The summed E-state index contributed by atoms with van der Waals surface area (Å²) in [6.07, 6.45) is 3.62. The van der Waals surface area contributed by atoms with Gasteiger partial charge in [-0.15, -0.1) is 23.1 Å². The summed E-state index contributed by atoms with van der Waals surface area (Å²) in [5.74, 6) is -0.924. The van der Waals surface area contributed by atoms with Crippen LogP contribution in [0, 0.1) is 0 Å². The van der Waals surface area contributed by atoms with Gasteiger partial charge in [-0.05, 0) is 32.2 Å². The molecule has 0 spiro atoms. The maximum absolute atomic E-state index is 11.5. The summed E-state index contributed by atoms with van der Waals surface area (Å²) in [7, 11) is 0. The normalized spacial score (nSPS) is 11.3. The third kappa shape index (κ3) is 2.96. The van der Waals surface area contributed by atoms with E-state index in [0.29, 0.717) is 11.3 Å². The molecular formula is C14H16N2O2S2. The van der Waals surface area contributed by atoms with Crippen molar-refractivity contribution in [2.45, 2.75) is 24.3 Å². The molecule has 1 heterocycles. The number of carboxylic acid groups (broad SMARTS) is 1. The first-order chi connectivity index (χ1) is 9.45. The topological polar surface area (TPSA) is 62.2 Å². The van der Waals surface area contributed by atoms with Gasteiger partial charge in [0.1, 0.15) is 5.01 Å². The van der Waals surface area contributed by atoms with Crippen LogP contribution >= 0.6 is 23.1 Å². The smallest absolute Gasteiger partial charge is 0.338 e. The molecule has 0 fully saturated rings. The molecule has 0 atom stereocenters. The van der Waals surface area contributed by atoms with Crippen LogP contribution in [0.2, 0.25) is 0 Å². The summed E-state index contributed by atoms with van der Waals surface area (Å²) >= 11 is 2.97. The van der Waals surface area contributed by atoms with Gasteiger partial charge in [-0.25, -0.2) is 9.78 Å². The van der Waals surface area contributed by atoms with E-state index in [1.54, 1.807) is 23.6 Å². The Morgan fingerprint density at radius 1 is 1.45 bits per heavy atom. The Morgan fingerprint density at radius 2 is 2.20 bits per heavy atom. The Balaban J connectivity index is 2.41. The van der Waals surface area contributed by atoms with E-state index < -0.39 is 11.5 Å². The lowest BCUT2D eigenvalue weighted by Crippen LogP contribution is -2.28. The largest absolute Gasteiger partial charge is 0.478 e. The van der Waals surface area contributed by atoms with Crippen LogP contribution in [0.3, 0.4) is 0 Å². The number of carboxylic acids is 1. The number of rotatable bonds is 5. The fourth-order valence-electron chi connectivity index (χ4n) is 1.95. The number of benzene rings is 1. The van der Waals surface area contributed by atoms with Crippen molar-refractivity contribution in [2.24, 2.45) is 0 Å². The molecule has 1 aromatic carbocycles. The van der Waals surface area contributed by atoms with Crippen molar-refractivity contribution < 1.29 is 9.90 Å². The Labute approximate surface area is 126 Å². The summed E-state index contributed by atoms with van der Waals surface area (Å²) in [6, 6.07) is 5.47. The molecule has 106 valence electrons. The lowest BCUT2D eigenvalue weighted by molar-refractivity contribution is 0.0694. The van der Waals surface area contributed by atoms with Crippen molar-refractivity contribution in [3.63, 3.8) is 0 Å². The minimum atomic E-state index is -0.924. The monoisotopic (exact) mass is 308 g/mol. The van der Waals surface area contributed by atoms with Crippen molar-refractivity contribution in [3.05, 3.63) is 40.3 Å². The highest BCUT2D eigenvalue weighted by Gasteiger charge is 2.26. The average molecular weight is 308 g/mol. The van der Waals surface area contributed by atoms with Crippen LogP contribution < -0.4 is 5.32 Å². The van der Waals surface area contributed by atoms with Crippen molar-refractivity contribution in [1.29, 1.82) is 0 Å². The Bertz CT molecular complexity index is 610. The molecule has 0 saturated carbocycles. The molecule has 0 radical (unpaired) electrons. The van der Waals surface area contributed by atoms with Crippen LogP contribution in [0.5, 0.6) is 0 Å². The SMILES string of the molecule is CSc1cccc(NC(C)(C)c2nccs2)c1C(=O)O. The minimum Gasteiger partial charge on any atom is -0.478 e. The van der Waals surface area contributed by atoms with Gasteiger partial charge in [-0.2, -0.15) is 0 Å². The second kappa shape index (κ2) is 5.85. The lowest BCUT2D eigenvalue weighted by Gasteiger charge is -2.26. The second-order valence-electron chi connectivity index (χ2n) is 4.78. The van der Waals surface area contributed by atoms with E-state index in [9.17, 15) is 9.90 Å². The average Bonchev–Trinajstić information content (AvgIpc) is 2.92. The van der Waals surface area contributed by atoms with Crippen LogP contribution in [0.1, 0.15) is 29.2 Å². The van der Waals surface area contributed by atoms with Crippen LogP contribution in [0.25, 0.3) is 0 Å². The number of hydrogen-bond donors (Lipinski definition) is 2. The molecule has 0 aliphatic rings. The number of thiazole rings is 1. The highest BCUT2D eigenvalue weighted by Crippen LogP contribution is 2.32. The zero-order valence-electron chi connectivity index (χ0n) is 11.5. The Morgan fingerprint density at radius 3 is 2.75 bits per heavy atom. The molecule has 0 unspecified atom stereocenters. The number of nitrogens with zero attached hydrogens (tertiary/aromatic N) is 1. The Kier molecular flexibility index (Phi) is 4.35. The zero-order chi connectivity index (χ0) is 14.8. The number of aromatic nitrogens is 1. The highest BCUT2D eigenvalue weighted by molar-refractivity contribution is 7.98. The molecule has 2 rings (SSSR count). The van der Waals surface area contributed by atoms with Gasteiger partial charge in [0.2, 0.25) is 0 Å². The third-order valence-electron chi connectivity index (χ3n) is 2.87. The molecular weight excluding hydrogens is 292 g/mol. The Hall–Kier alpha value is -1.53. The molecule has 0 aliphatic carbocycles. The van der Waals surface area contributed by atoms with Gasteiger partial charge < -0.3 is 10.4 Å². The maximum atomic E-state index is 11.5. The molecule has 2 aromatic rings. The molecule has 0 amide bonds. The fraction of sp³-hybridized carbons (Fsp3) is 0.286. The first kappa shape index (κ1) is 14.9. The van der Waals surface area contributed by atoms with Crippen LogP contribution in [0.4, 0.5) is 5.69 Å². The lowest BCUT2D eigenvalue weighted by atomic mass is 10.0. The van der Waals surface area contributed by atoms with Gasteiger partial charge in [0.05, 0.1) is 16.8 Å². The summed E-state index contributed by atoms with van der Waals surface area (Å²) in [5.41, 5.74) is 0.504. The zero-order valence-corrected chi connectivity index (χ0v) is 13.1. The van der Waals surface area contributed by atoms with E-state index in [4.69, 9.17) is 0 Å². The standard InChI is InChI=1S/C14H16N2O2S2/c1-14(2,13-15-7-8-20-13)16-9-5-4-6-10(19-3)11(9)12(17)18/h4-8,16H,1-3H3,(H,17,18). The summed E-state index contributed by atoms with van der Waals surface area (Å²) < 4.78 is 0. The van der Waals surface area contributed by atoms with Gasteiger partial charge in [0.25, 0.3) is 0 Å². The van der Waals surface area contributed by atoms with E-state index in [0.717, 1.165) is 9.90 Å².